The summed E-state index contributed by atoms with van der Waals surface area (Å²) in [5, 5.41) is 9.30. The smallest absolute Gasteiger partial charge is 0.282 e. The summed E-state index contributed by atoms with van der Waals surface area (Å²) in [7, 11) is 1.65. The summed E-state index contributed by atoms with van der Waals surface area (Å²) in [6.07, 6.45) is 4.62. The van der Waals surface area contributed by atoms with Gasteiger partial charge in [-0.05, 0) is 42.7 Å². The van der Waals surface area contributed by atoms with E-state index in [0.29, 0.717) is 10.7 Å². The van der Waals surface area contributed by atoms with Crippen LogP contribution in [0.1, 0.15) is 44.2 Å². The highest BCUT2D eigenvalue weighted by Gasteiger charge is 2.40. The van der Waals surface area contributed by atoms with E-state index in [1.165, 1.54) is 12.8 Å². The lowest BCUT2D eigenvalue weighted by Crippen LogP contribution is -2.46. The number of para-hydroxylation sites is 1. The maximum Gasteiger partial charge on any atom is 0.282 e. The third-order valence-electron chi connectivity index (χ3n) is 6.04. The van der Waals surface area contributed by atoms with Crippen molar-refractivity contribution in [3.63, 3.8) is 0 Å². The van der Waals surface area contributed by atoms with E-state index in [2.05, 4.69) is 5.43 Å². The molecule has 0 aliphatic carbocycles. The second-order valence-corrected chi connectivity index (χ2v) is 8.54. The topological polar surface area (TPSA) is 57.2 Å². The van der Waals surface area contributed by atoms with Crippen molar-refractivity contribution >= 4 is 28.9 Å². The molecule has 2 aromatic rings. The van der Waals surface area contributed by atoms with Crippen molar-refractivity contribution in [2.45, 2.75) is 38.6 Å². The van der Waals surface area contributed by atoms with Crippen LogP contribution in [0.25, 0.3) is 0 Å². The lowest BCUT2D eigenvalue weighted by Gasteiger charge is -2.27. The number of methoxy groups -OCH3 is 1. The summed E-state index contributed by atoms with van der Waals surface area (Å²) >= 11 is 6.51. The predicted octanol–water partition coefficient (Wildman–Crippen LogP) is 4.81. The van der Waals surface area contributed by atoms with Crippen molar-refractivity contribution in [3.8, 4) is 5.75 Å². The van der Waals surface area contributed by atoms with Crippen LogP contribution in [0.2, 0.25) is 5.02 Å². The van der Waals surface area contributed by atoms with Gasteiger partial charge in [0, 0.05) is 19.0 Å². The number of ether oxygens (including phenoxy) is 1. The Morgan fingerprint density at radius 2 is 1.74 bits per heavy atom. The predicted molar refractivity (Wildman–Crippen MR) is 124 cm³/mol. The number of amides is 1. The minimum absolute atomic E-state index is 0.114. The van der Waals surface area contributed by atoms with Crippen molar-refractivity contribution in [1.82, 2.24) is 10.4 Å². The molecule has 2 aromatic carbocycles. The van der Waals surface area contributed by atoms with Crippen molar-refractivity contribution in [2.24, 2.45) is 11.0 Å². The molecule has 0 aromatic heterocycles. The number of carbonyl (C=O) groups is 1. The first-order chi connectivity index (χ1) is 15.1. The number of hydrogen-bond acceptors (Lipinski definition) is 5. The lowest BCUT2D eigenvalue weighted by atomic mass is 9.91. The fourth-order valence-electron chi connectivity index (χ4n) is 4.34. The lowest BCUT2D eigenvalue weighted by molar-refractivity contribution is -0.119. The summed E-state index contributed by atoms with van der Waals surface area (Å²) in [5.41, 5.74) is 5.45. The minimum Gasteiger partial charge on any atom is -0.497 e. The number of hydrazone groups is 1. The van der Waals surface area contributed by atoms with Gasteiger partial charge in [-0.2, -0.15) is 5.10 Å². The van der Waals surface area contributed by atoms with Crippen LogP contribution in [-0.2, 0) is 4.79 Å². The van der Waals surface area contributed by atoms with Gasteiger partial charge in [0.25, 0.3) is 5.91 Å². The van der Waals surface area contributed by atoms with Crippen LogP contribution in [0.5, 0.6) is 5.75 Å². The number of carbonyl (C=O) groups excluding carboxylic acids is 1. The van der Waals surface area contributed by atoms with E-state index >= 15 is 0 Å². The summed E-state index contributed by atoms with van der Waals surface area (Å²) in [6, 6.07) is 15.4. The molecule has 0 bridgehead atoms. The molecule has 6 nitrogen and oxygen atoms in total. The maximum atomic E-state index is 13.2. The normalized spacial score (nSPS) is 22.0. The zero-order chi connectivity index (χ0) is 21.8. The molecule has 0 spiro atoms. The molecule has 7 heteroatoms. The monoisotopic (exact) mass is 440 g/mol. The van der Waals surface area contributed by atoms with Crippen LogP contribution in [-0.4, -0.2) is 36.8 Å². The van der Waals surface area contributed by atoms with Gasteiger partial charge in [-0.15, -0.1) is 0 Å². The van der Waals surface area contributed by atoms with Crippen molar-refractivity contribution in [1.29, 1.82) is 0 Å². The molecule has 1 fully saturated rings. The van der Waals surface area contributed by atoms with Crippen LogP contribution in [0.4, 0.5) is 5.69 Å². The van der Waals surface area contributed by atoms with Gasteiger partial charge in [0.05, 0.1) is 23.9 Å². The van der Waals surface area contributed by atoms with Crippen molar-refractivity contribution in [2.75, 3.05) is 25.2 Å². The summed E-state index contributed by atoms with van der Waals surface area (Å²) in [4.78, 5) is 13.2. The van der Waals surface area contributed by atoms with Gasteiger partial charge in [-0.25, -0.2) is 5.01 Å². The highest BCUT2D eigenvalue weighted by atomic mass is 35.5. The van der Waals surface area contributed by atoms with Gasteiger partial charge in [-0.3, -0.25) is 15.2 Å². The number of rotatable bonds is 5. The Kier molecular flexibility index (Phi) is 6.78. The number of halogens is 1. The molecule has 2 heterocycles. The fourth-order valence-corrected chi connectivity index (χ4v) is 4.56. The fraction of sp³-hybridized carbons (Fsp3) is 0.417. The molecule has 2 atom stereocenters. The zero-order valence-corrected chi connectivity index (χ0v) is 18.8. The van der Waals surface area contributed by atoms with Gasteiger partial charge < -0.3 is 4.74 Å². The number of nitrogens with one attached hydrogen (secondary N) is 1. The molecule has 2 aliphatic rings. The van der Waals surface area contributed by atoms with E-state index in [-0.39, 0.29) is 17.9 Å². The molecule has 1 N–H and O–H groups in total. The van der Waals surface area contributed by atoms with E-state index in [1.54, 1.807) is 7.11 Å². The Hall–Kier alpha value is -2.57. The third-order valence-corrected chi connectivity index (χ3v) is 6.36. The second-order valence-electron chi connectivity index (χ2n) is 8.13. The van der Waals surface area contributed by atoms with Crippen molar-refractivity contribution in [3.05, 3.63) is 59.1 Å². The van der Waals surface area contributed by atoms with E-state index in [4.69, 9.17) is 21.4 Å². The largest absolute Gasteiger partial charge is 0.497 e. The summed E-state index contributed by atoms with van der Waals surface area (Å²) < 4.78 is 5.31. The van der Waals surface area contributed by atoms with Crippen LogP contribution in [0.15, 0.2) is 53.6 Å². The van der Waals surface area contributed by atoms with Gasteiger partial charge >= 0.3 is 0 Å². The van der Waals surface area contributed by atoms with E-state index in [0.717, 1.165) is 42.9 Å². The molecule has 0 unspecified atom stereocenters. The molecular weight excluding hydrogens is 412 g/mol. The van der Waals surface area contributed by atoms with Crippen LogP contribution < -0.4 is 15.2 Å². The molecule has 4 rings (SSSR count). The minimum atomic E-state index is -0.143. The van der Waals surface area contributed by atoms with Crippen LogP contribution in [0, 0.1) is 5.92 Å². The molecule has 31 heavy (non-hydrogen) atoms. The molecule has 0 radical (unpaired) electrons. The van der Waals surface area contributed by atoms with E-state index in [9.17, 15) is 4.79 Å². The number of anilines is 1. The van der Waals surface area contributed by atoms with E-state index < -0.39 is 0 Å². The molecular formula is C24H29ClN4O2. The molecule has 1 saturated heterocycles. The first-order valence-corrected chi connectivity index (χ1v) is 11.3. The van der Waals surface area contributed by atoms with Crippen LogP contribution >= 0.6 is 11.6 Å². The second kappa shape index (κ2) is 9.71. The Morgan fingerprint density at radius 1 is 1.06 bits per heavy atom. The Morgan fingerprint density at radius 3 is 2.39 bits per heavy atom. The Balaban J connectivity index is 1.64. The number of hydrogen-bond donors (Lipinski definition) is 1. The first-order valence-electron chi connectivity index (χ1n) is 10.9. The van der Waals surface area contributed by atoms with Crippen LogP contribution in [0.3, 0.4) is 0 Å². The Labute approximate surface area is 188 Å². The first kappa shape index (κ1) is 21.7. The molecule has 2 aliphatic heterocycles. The molecule has 1 amide bonds. The number of nitrogens with zero attached hydrogens (tertiary/aromatic N) is 3. The highest BCUT2D eigenvalue weighted by Crippen LogP contribution is 2.41. The highest BCUT2D eigenvalue weighted by molar-refractivity contribution is 6.40. The summed E-state index contributed by atoms with van der Waals surface area (Å²) in [6.45, 7) is 3.81. The van der Waals surface area contributed by atoms with Gasteiger partial charge in [-0.1, -0.05) is 55.6 Å². The molecule has 164 valence electrons. The standard InChI is InChI=1S/C24H29ClN4O2/c1-17-22(24(30)27-28-15-7-3-4-8-16-28)26-29(21-10-6-5-9-20(21)25)23(17)18-11-13-19(31-2)14-12-18/h5-6,9-14,17,23H,3-4,7-8,15-16H2,1-2H3,(H,27,30)/t17-,23+/m0/s1. The molecule has 0 saturated carbocycles. The van der Waals surface area contributed by atoms with E-state index in [1.807, 2.05) is 65.5 Å². The average molecular weight is 441 g/mol. The summed E-state index contributed by atoms with van der Waals surface area (Å²) in [5.74, 6) is 0.540. The Bertz CT molecular complexity index is 939. The SMILES string of the molecule is COc1ccc([C@H]2[C@@H](C)C(C(=O)NN3CCCCCC3)=NN2c2ccccc2Cl)cc1. The number of hydrazine groups is 1. The third kappa shape index (κ3) is 4.70. The van der Waals surface area contributed by atoms with Gasteiger partial charge in [0.2, 0.25) is 0 Å². The van der Waals surface area contributed by atoms with Crippen molar-refractivity contribution < 1.29 is 9.53 Å². The zero-order valence-electron chi connectivity index (χ0n) is 18.1. The van der Waals surface area contributed by atoms with Gasteiger partial charge in [0.15, 0.2) is 0 Å². The maximum absolute atomic E-state index is 13.2. The quantitative estimate of drug-likeness (QED) is 0.724. The number of benzene rings is 2. The average Bonchev–Trinajstić information content (AvgIpc) is 2.94. The van der Waals surface area contributed by atoms with Gasteiger partial charge in [0.1, 0.15) is 11.5 Å².